The Labute approximate surface area is 72.2 Å². The van der Waals surface area contributed by atoms with Crippen LogP contribution in [0.2, 0.25) is 0 Å². The molecule has 0 atom stereocenters. The van der Waals surface area contributed by atoms with Crippen LogP contribution in [0.4, 0.5) is 0 Å². The van der Waals surface area contributed by atoms with Gasteiger partial charge in [-0.05, 0) is 13.8 Å². The fourth-order valence-corrected chi connectivity index (χ4v) is 0.665. The van der Waals surface area contributed by atoms with Crippen molar-refractivity contribution in [1.82, 2.24) is 10.2 Å². The molecule has 68 valence electrons. The first kappa shape index (κ1) is 10.7. The molecule has 0 aliphatic rings. The summed E-state index contributed by atoms with van der Waals surface area (Å²) in [5, 5.41) is 2.32. The van der Waals surface area contributed by atoms with Crippen LogP contribution in [0, 0.1) is 0 Å². The molecule has 4 nitrogen and oxygen atoms in total. The maximum atomic E-state index is 11.3. The zero-order valence-electron chi connectivity index (χ0n) is 7.63. The first-order valence-corrected chi connectivity index (χ1v) is 3.75. The normalized spacial score (nSPS) is 10.8. The second-order valence-corrected chi connectivity index (χ2v) is 2.43. The van der Waals surface area contributed by atoms with Crippen LogP contribution in [0.1, 0.15) is 13.8 Å². The van der Waals surface area contributed by atoms with Gasteiger partial charge in [-0.3, -0.25) is 9.59 Å². The molecule has 0 bridgehead atoms. The molecule has 0 heterocycles. The summed E-state index contributed by atoms with van der Waals surface area (Å²) in [4.78, 5) is 22.7. The van der Waals surface area contributed by atoms with Gasteiger partial charge >= 0.3 is 0 Å². The van der Waals surface area contributed by atoms with Gasteiger partial charge in [-0.2, -0.15) is 0 Å². The maximum absolute atomic E-state index is 11.3. The Morgan fingerprint density at radius 3 is 2.58 bits per heavy atom. The van der Waals surface area contributed by atoms with Crippen LogP contribution in [-0.4, -0.2) is 30.8 Å². The Kier molecular flexibility index (Phi) is 4.76. The Balaban J connectivity index is 4.17. The molecule has 0 saturated heterocycles. The lowest BCUT2D eigenvalue weighted by Crippen LogP contribution is -2.27. The lowest BCUT2D eigenvalue weighted by atomic mass is 10.3. The molecule has 0 aliphatic carbocycles. The van der Waals surface area contributed by atoms with Crippen LogP contribution in [-0.2, 0) is 9.59 Å². The van der Waals surface area contributed by atoms with Gasteiger partial charge in [0, 0.05) is 25.4 Å². The average molecular weight is 170 g/mol. The summed E-state index contributed by atoms with van der Waals surface area (Å²) in [5.41, 5.74) is 0.520. The van der Waals surface area contributed by atoms with Gasteiger partial charge in [0.1, 0.15) is 0 Å². The van der Waals surface area contributed by atoms with Gasteiger partial charge in [0.2, 0.25) is 6.41 Å². The van der Waals surface area contributed by atoms with E-state index in [2.05, 4.69) is 5.32 Å². The molecule has 0 radical (unpaired) electrons. The van der Waals surface area contributed by atoms with Crippen molar-refractivity contribution in [2.45, 2.75) is 13.8 Å². The van der Waals surface area contributed by atoms with E-state index in [1.165, 1.54) is 6.20 Å². The van der Waals surface area contributed by atoms with E-state index in [0.717, 1.165) is 0 Å². The number of nitrogens with zero attached hydrogens (tertiary/aromatic N) is 1. The van der Waals surface area contributed by atoms with E-state index in [4.69, 9.17) is 0 Å². The molecule has 0 saturated carbocycles. The molecule has 0 aromatic carbocycles. The highest BCUT2D eigenvalue weighted by Gasteiger charge is 2.07. The van der Waals surface area contributed by atoms with Crippen molar-refractivity contribution in [1.29, 1.82) is 0 Å². The van der Waals surface area contributed by atoms with E-state index < -0.39 is 0 Å². The Hall–Kier alpha value is -1.32. The molecule has 12 heavy (non-hydrogen) atoms. The summed E-state index contributed by atoms with van der Waals surface area (Å²) in [5.74, 6) is -0.0770. The van der Waals surface area contributed by atoms with Crippen molar-refractivity contribution in [3.05, 3.63) is 11.8 Å². The molecule has 0 aliphatic heterocycles. The predicted molar refractivity (Wildman–Crippen MR) is 46.3 cm³/mol. The van der Waals surface area contributed by atoms with Crippen molar-refractivity contribution in [2.24, 2.45) is 0 Å². The van der Waals surface area contributed by atoms with E-state index in [1.807, 2.05) is 6.92 Å². The summed E-state index contributed by atoms with van der Waals surface area (Å²) < 4.78 is 0. The van der Waals surface area contributed by atoms with Crippen molar-refractivity contribution in [3.63, 3.8) is 0 Å². The Bertz CT molecular complexity index is 199. The highest BCUT2D eigenvalue weighted by molar-refractivity contribution is 5.92. The van der Waals surface area contributed by atoms with Crippen LogP contribution >= 0.6 is 0 Å². The van der Waals surface area contributed by atoms with E-state index in [-0.39, 0.29) is 5.91 Å². The maximum Gasteiger partial charge on any atom is 0.250 e. The van der Waals surface area contributed by atoms with E-state index >= 15 is 0 Å². The minimum atomic E-state index is -0.0770. The van der Waals surface area contributed by atoms with Gasteiger partial charge in [0.15, 0.2) is 0 Å². The van der Waals surface area contributed by atoms with E-state index in [9.17, 15) is 9.59 Å². The molecule has 4 heteroatoms. The van der Waals surface area contributed by atoms with Crippen LogP contribution in [0.3, 0.4) is 0 Å². The second kappa shape index (κ2) is 5.35. The average Bonchev–Trinajstić information content (AvgIpc) is 2.11. The lowest BCUT2D eigenvalue weighted by Gasteiger charge is -2.14. The molecule has 0 rings (SSSR count). The van der Waals surface area contributed by atoms with Crippen molar-refractivity contribution < 1.29 is 9.59 Å². The summed E-state index contributed by atoms with van der Waals surface area (Å²) in [6.07, 6.45) is 1.92. The largest absolute Gasteiger partial charge is 0.342 e. The fraction of sp³-hybridized carbons (Fsp3) is 0.500. The highest BCUT2D eigenvalue weighted by atomic mass is 16.2. The first-order chi connectivity index (χ1) is 5.63. The molecular weight excluding hydrogens is 156 g/mol. The highest BCUT2D eigenvalue weighted by Crippen LogP contribution is 1.96. The minimum Gasteiger partial charge on any atom is -0.342 e. The predicted octanol–water partition coefficient (Wildman–Crippen LogP) is 0.115. The Morgan fingerprint density at radius 2 is 2.17 bits per heavy atom. The van der Waals surface area contributed by atoms with E-state index in [1.54, 1.807) is 18.9 Å². The molecule has 0 fully saturated rings. The standard InChI is InChI=1S/C8H14N2O2/c1-4-10(3)8(12)7(2)5-9-6-11/h5-6H,4H2,1-3H3,(H,9,11)/b7-5-. The quantitative estimate of drug-likeness (QED) is 0.481. The third-order valence-corrected chi connectivity index (χ3v) is 1.53. The van der Waals surface area contributed by atoms with Gasteiger partial charge in [-0.15, -0.1) is 0 Å². The van der Waals surface area contributed by atoms with Gasteiger partial charge in [-0.25, -0.2) is 0 Å². The first-order valence-electron chi connectivity index (χ1n) is 3.75. The SMILES string of the molecule is CCN(C)C(=O)/C(C)=C\NC=O. The minimum absolute atomic E-state index is 0.0770. The monoisotopic (exact) mass is 170 g/mol. The Morgan fingerprint density at radius 1 is 1.58 bits per heavy atom. The summed E-state index contributed by atoms with van der Waals surface area (Å²) in [6.45, 7) is 4.20. The molecular formula is C8H14N2O2. The third-order valence-electron chi connectivity index (χ3n) is 1.53. The zero-order valence-corrected chi connectivity index (χ0v) is 7.63. The van der Waals surface area contributed by atoms with Gasteiger partial charge < -0.3 is 10.2 Å². The van der Waals surface area contributed by atoms with Gasteiger partial charge in [-0.1, -0.05) is 0 Å². The van der Waals surface area contributed by atoms with Crippen molar-refractivity contribution in [3.8, 4) is 0 Å². The summed E-state index contributed by atoms with van der Waals surface area (Å²) in [7, 11) is 1.71. The number of rotatable bonds is 4. The molecule has 1 N–H and O–H groups in total. The number of hydrogen-bond acceptors (Lipinski definition) is 2. The van der Waals surface area contributed by atoms with Gasteiger partial charge in [0.05, 0.1) is 0 Å². The van der Waals surface area contributed by atoms with Crippen molar-refractivity contribution in [2.75, 3.05) is 13.6 Å². The topological polar surface area (TPSA) is 49.4 Å². The molecule has 2 amide bonds. The number of likely N-dealkylation sites (N-methyl/N-ethyl adjacent to an activating group) is 1. The van der Waals surface area contributed by atoms with Crippen molar-refractivity contribution >= 4 is 12.3 Å². The van der Waals surface area contributed by atoms with Crippen LogP contribution in [0.25, 0.3) is 0 Å². The zero-order chi connectivity index (χ0) is 9.56. The van der Waals surface area contributed by atoms with Crippen LogP contribution < -0.4 is 5.32 Å². The molecule has 0 aromatic rings. The van der Waals surface area contributed by atoms with Crippen LogP contribution in [0.5, 0.6) is 0 Å². The fourth-order valence-electron chi connectivity index (χ4n) is 0.665. The number of amides is 2. The van der Waals surface area contributed by atoms with E-state index in [0.29, 0.717) is 18.5 Å². The summed E-state index contributed by atoms with van der Waals surface area (Å²) in [6, 6.07) is 0. The number of hydrogen-bond donors (Lipinski definition) is 1. The number of nitrogens with one attached hydrogen (secondary N) is 1. The number of carbonyl (C=O) groups excluding carboxylic acids is 2. The smallest absolute Gasteiger partial charge is 0.250 e. The molecule has 0 spiro atoms. The molecule has 0 unspecified atom stereocenters. The number of carbonyl (C=O) groups is 2. The van der Waals surface area contributed by atoms with Gasteiger partial charge in [0.25, 0.3) is 5.91 Å². The van der Waals surface area contributed by atoms with Crippen LogP contribution in [0.15, 0.2) is 11.8 Å². The third kappa shape index (κ3) is 3.18. The molecule has 0 aromatic heterocycles. The second-order valence-electron chi connectivity index (χ2n) is 2.43. The lowest BCUT2D eigenvalue weighted by molar-refractivity contribution is -0.125. The summed E-state index contributed by atoms with van der Waals surface area (Å²) >= 11 is 0.